The molecule has 90 valence electrons. The summed E-state index contributed by atoms with van der Waals surface area (Å²) in [6, 6.07) is 0.683. The highest BCUT2D eigenvalue weighted by Crippen LogP contribution is 2.26. The van der Waals surface area contributed by atoms with Gasteiger partial charge in [0.25, 0.3) is 0 Å². The molecule has 0 aromatic rings. The standard InChI is InChI=1S/C13H27NO/c1-4-8-14-13(11(5-2)6-3)12-7-9-15-10-12/h11-14H,4-10H2,1-3H3. The number of rotatable bonds is 7. The van der Waals surface area contributed by atoms with Crippen molar-refractivity contribution < 1.29 is 4.74 Å². The average Bonchev–Trinajstić information content (AvgIpc) is 2.77. The van der Waals surface area contributed by atoms with Gasteiger partial charge in [0.1, 0.15) is 0 Å². The van der Waals surface area contributed by atoms with Gasteiger partial charge in [-0.3, -0.25) is 0 Å². The fourth-order valence-corrected chi connectivity index (χ4v) is 2.66. The first-order chi connectivity index (χ1) is 7.33. The van der Waals surface area contributed by atoms with Gasteiger partial charge in [-0.15, -0.1) is 0 Å². The molecule has 15 heavy (non-hydrogen) atoms. The Hall–Kier alpha value is -0.0800. The molecule has 2 nitrogen and oxygen atoms in total. The number of ether oxygens (including phenoxy) is 1. The predicted octanol–water partition coefficient (Wildman–Crippen LogP) is 2.83. The molecular weight excluding hydrogens is 186 g/mol. The van der Waals surface area contributed by atoms with Crippen molar-refractivity contribution in [3.8, 4) is 0 Å². The van der Waals surface area contributed by atoms with Gasteiger partial charge >= 0.3 is 0 Å². The van der Waals surface area contributed by atoms with Crippen molar-refractivity contribution in [3.63, 3.8) is 0 Å². The topological polar surface area (TPSA) is 21.3 Å². The van der Waals surface area contributed by atoms with E-state index < -0.39 is 0 Å². The molecule has 0 saturated carbocycles. The SMILES string of the molecule is CCCNC(C(CC)CC)C1CCOC1. The van der Waals surface area contributed by atoms with E-state index in [9.17, 15) is 0 Å². The third kappa shape index (κ3) is 3.76. The Morgan fingerprint density at radius 1 is 1.27 bits per heavy atom. The molecule has 0 aliphatic carbocycles. The highest BCUT2D eigenvalue weighted by atomic mass is 16.5. The second-order valence-electron chi connectivity index (χ2n) is 4.68. The molecule has 0 radical (unpaired) electrons. The van der Waals surface area contributed by atoms with E-state index in [1.165, 1.54) is 25.7 Å². The van der Waals surface area contributed by atoms with E-state index in [0.29, 0.717) is 6.04 Å². The molecule has 1 rings (SSSR count). The van der Waals surface area contributed by atoms with E-state index in [-0.39, 0.29) is 0 Å². The fourth-order valence-electron chi connectivity index (χ4n) is 2.66. The lowest BCUT2D eigenvalue weighted by Gasteiger charge is -2.31. The first kappa shape index (κ1) is 13.0. The van der Waals surface area contributed by atoms with Gasteiger partial charge in [-0.05, 0) is 25.3 Å². The fraction of sp³-hybridized carbons (Fsp3) is 1.00. The van der Waals surface area contributed by atoms with Gasteiger partial charge < -0.3 is 10.1 Å². The molecule has 1 fully saturated rings. The second kappa shape index (κ2) is 7.24. The summed E-state index contributed by atoms with van der Waals surface area (Å²) < 4.78 is 5.52. The summed E-state index contributed by atoms with van der Waals surface area (Å²) in [4.78, 5) is 0. The zero-order chi connectivity index (χ0) is 11.1. The van der Waals surface area contributed by atoms with Gasteiger partial charge in [0.15, 0.2) is 0 Å². The number of nitrogens with one attached hydrogen (secondary N) is 1. The Morgan fingerprint density at radius 2 is 2.00 bits per heavy atom. The van der Waals surface area contributed by atoms with Gasteiger partial charge in [-0.25, -0.2) is 0 Å². The van der Waals surface area contributed by atoms with E-state index in [1.807, 2.05) is 0 Å². The summed E-state index contributed by atoms with van der Waals surface area (Å²) in [5, 5.41) is 3.73. The maximum absolute atomic E-state index is 5.52. The molecule has 1 N–H and O–H groups in total. The van der Waals surface area contributed by atoms with E-state index in [1.54, 1.807) is 0 Å². The lowest BCUT2D eigenvalue weighted by atomic mass is 9.84. The number of hydrogen-bond acceptors (Lipinski definition) is 2. The third-order valence-electron chi connectivity index (χ3n) is 3.66. The highest BCUT2D eigenvalue weighted by Gasteiger charge is 2.29. The normalized spacial score (nSPS) is 23.6. The van der Waals surface area contributed by atoms with Crippen LogP contribution in [-0.2, 0) is 4.74 Å². The average molecular weight is 213 g/mol. The summed E-state index contributed by atoms with van der Waals surface area (Å²) in [5.74, 6) is 1.57. The summed E-state index contributed by atoms with van der Waals surface area (Å²) >= 11 is 0. The van der Waals surface area contributed by atoms with Crippen LogP contribution >= 0.6 is 0 Å². The second-order valence-corrected chi connectivity index (χ2v) is 4.68. The van der Waals surface area contributed by atoms with Crippen LogP contribution in [0.4, 0.5) is 0 Å². The maximum Gasteiger partial charge on any atom is 0.0510 e. The van der Waals surface area contributed by atoms with Crippen molar-refractivity contribution in [2.75, 3.05) is 19.8 Å². The van der Waals surface area contributed by atoms with E-state index in [2.05, 4.69) is 26.1 Å². The molecule has 0 spiro atoms. The summed E-state index contributed by atoms with van der Waals surface area (Å²) in [5.41, 5.74) is 0. The zero-order valence-corrected chi connectivity index (χ0v) is 10.6. The Bertz CT molecular complexity index is 149. The van der Waals surface area contributed by atoms with Crippen LogP contribution in [0.1, 0.15) is 46.5 Å². The van der Waals surface area contributed by atoms with E-state index in [4.69, 9.17) is 4.74 Å². The van der Waals surface area contributed by atoms with Crippen LogP contribution in [0.25, 0.3) is 0 Å². The van der Waals surface area contributed by atoms with Crippen LogP contribution in [0.3, 0.4) is 0 Å². The van der Waals surface area contributed by atoms with Crippen LogP contribution in [0.15, 0.2) is 0 Å². The van der Waals surface area contributed by atoms with Gasteiger partial charge in [0.2, 0.25) is 0 Å². The zero-order valence-electron chi connectivity index (χ0n) is 10.6. The van der Waals surface area contributed by atoms with Crippen molar-refractivity contribution in [2.24, 2.45) is 11.8 Å². The predicted molar refractivity (Wildman–Crippen MR) is 65.1 cm³/mol. The number of hydrogen-bond donors (Lipinski definition) is 1. The lowest BCUT2D eigenvalue weighted by molar-refractivity contribution is 0.162. The molecular formula is C13H27NO. The maximum atomic E-state index is 5.52. The molecule has 1 aliphatic rings. The van der Waals surface area contributed by atoms with Crippen molar-refractivity contribution in [3.05, 3.63) is 0 Å². The molecule has 1 heterocycles. The van der Waals surface area contributed by atoms with Crippen molar-refractivity contribution in [1.82, 2.24) is 5.32 Å². The highest BCUT2D eigenvalue weighted by molar-refractivity contribution is 4.84. The quantitative estimate of drug-likeness (QED) is 0.702. The van der Waals surface area contributed by atoms with Gasteiger partial charge in [0, 0.05) is 18.6 Å². The minimum Gasteiger partial charge on any atom is -0.381 e. The van der Waals surface area contributed by atoms with Crippen LogP contribution < -0.4 is 5.32 Å². The van der Waals surface area contributed by atoms with Gasteiger partial charge in [-0.2, -0.15) is 0 Å². The lowest BCUT2D eigenvalue weighted by Crippen LogP contribution is -2.42. The van der Waals surface area contributed by atoms with Crippen molar-refractivity contribution in [2.45, 2.75) is 52.5 Å². The Balaban J connectivity index is 2.49. The van der Waals surface area contributed by atoms with Crippen LogP contribution in [0.5, 0.6) is 0 Å². The minimum atomic E-state index is 0.683. The molecule has 2 atom stereocenters. The van der Waals surface area contributed by atoms with Gasteiger partial charge in [-0.1, -0.05) is 33.6 Å². The molecule has 0 aromatic heterocycles. The van der Waals surface area contributed by atoms with Crippen LogP contribution in [0, 0.1) is 11.8 Å². The molecule has 1 saturated heterocycles. The Labute approximate surface area is 94.8 Å². The molecule has 0 bridgehead atoms. The van der Waals surface area contributed by atoms with Gasteiger partial charge in [0.05, 0.1) is 6.61 Å². The first-order valence-electron chi connectivity index (χ1n) is 6.64. The van der Waals surface area contributed by atoms with Crippen LogP contribution in [0.2, 0.25) is 0 Å². The van der Waals surface area contributed by atoms with Crippen LogP contribution in [-0.4, -0.2) is 25.8 Å². The first-order valence-corrected chi connectivity index (χ1v) is 6.64. The van der Waals surface area contributed by atoms with E-state index >= 15 is 0 Å². The Kier molecular flexibility index (Phi) is 6.26. The van der Waals surface area contributed by atoms with Crippen molar-refractivity contribution >= 4 is 0 Å². The summed E-state index contributed by atoms with van der Waals surface area (Å²) in [7, 11) is 0. The monoisotopic (exact) mass is 213 g/mol. The Morgan fingerprint density at radius 3 is 2.47 bits per heavy atom. The molecule has 2 unspecified atom stereocenters. The largest absolute Gasteiger partial charge is 0.381 e. The smallest absolute Gasteiger partial charge is 0.0510 e. The molecule has 1 aliphatic heterocycles. The molecule has 2 heteroatoms. The summed E-state index contributed by atoms with van der Waals surface area (Å²) in [6.45, 7) is 9.95. The van der Waals surface area contributed by atoms with E-state index in [0.717, 1.165) is 31.6 Å². The minimum absolute atomic E-state index is 0.683. The molecule has 0 amide bonds. The van der Waals surface area contributed by atoms with Crippen molar-refractivity contribution in [1.29, 1.82) is 0 Å². The summed E-state index contributed by atoms with van der Waals surface area (Å²) in [6.07, 6.45) is 5.05. The third-order valence-corrected chi connectivity index (χ3v) is 3.66. The molecule has 0 aromatic carbocycles.